The number of para-hydroxylation sites is 1. The Bertz CT molecular complexity index is 1060. The Morgan fingerprint density at radius 3 is 2.62 bits per heavy atom. The summed E-state index contributed by atoms with van der Waals surface area (Å²) in [5.74, 6) is -3.42. The number of carbonyl (C=O) groups excluding carboxylic acids is 2. The van der Waals surface area contributed by atoms with Crippen molar-refractivity contribution in [3.05, 3.63) is 76.1 Å². The number of ether oxygens (including phenoxy) is 1. The predicted molar refractivity (Wildman–Crippen MR) is 89.8 cm³/mol. The van der Waals surface area contributed by atoms with Crippen LogP contribution in [-0.2, 0) is 9.53 Å². The van der Waals surface area contributed by atoms with E-state index in [9.17, 15) is 23.2 Å². The van der Waals surface area contributed by atoms with Crippen molar-refractivity contribution in [2.24, 2.45) is 0 Å². The number of nitrogens with one attached hydrogen (secondary N) is 2. The number of hydrogen-bond acceptors (Lipinski definition) is 4. The number of hydrogen-bond donors (Lipinski definition) is 2. The van der Waals surface area contributed by atoms with E-state index in [2.05, 4.69) is 10.3 Å². The molecular formula is C18H12F2N2O4. The molecule has 0 radical (unpaired) electrons. The molecule has 3 aromatic rings. The third kappa shape index (κ3) is 3.75. The maximum Gasteiger partial charge on any atom is 0.339 e. The van der Waals surface area contributed by atoms with Gasteiger partial charge in [0.15, 0.2) is 6.61 Å². The fraction of sp³-hybridized carbons (Fsp3) is 0.0556. The third-order valence-electron chi connectivity index (χ3n) is 3.51. The highest BCUT2D eigenvalue weighted by atomic mass is 19.1. The number of aromatic amines is 1. The number of benzene rings is 2. The van der Waals surface area contributed by atoms with Crippen LogP contribution in [0.4, 0.5) is 14.5 Å². The SMILES string of the molecule is O=C(COC(=O)c1cc(=O)[nH]c2ccccc12)Nc1ccc(F)cc1F. The van der Waals surface area contributed by atoms with E-state index in [1.165, 1.54) is 0 Å². The Kier molecular flexibility index (Phi) is 4.74. The highest BCUT2D eigenvalue weighted by Crippen LogP contribution is 2.16. The normalized spacial score (nSPS) is 10.5. The second-order valence-corrected chi connectivity index (χ2v) is 5.34. The van der Waals surface area contributed by atoms with Gasteiger partial charge in [-0.15, -0.1) is 0 Å². The molecule has 8 heteroatoms. The molecule has 1 heterocycles. The fourth-order valence-electron chi connectivity index (χ4n) is 2.36. The number of aromatic nitrogens is 1. The molecule has 3 rings (SSSR count). The second kappa shape index (κ2) is 7.14. The minimum absolute atomic E-state index is 0.00473. The van der Waals surface area contributed by atoms with Gasteiger partial charge in [0.2, 0.25) is 5.56 Å². The molecule has 0 atom stereocenters. The van der Waals surface area contributed by atoms with Gasteiger partial charge in [-0.25, -0.2) is 13.6 Å². The second-order valence-electron chi connectivity index (χ2n) is 5.34. The molecule has 0 fully saturated rings. The first kappa shape index (κ1) is 17.3. The van der Waals surface area contributed by atoms with E-state index in [0.717, 1.165) is 18.2 Å². The smallest absolute Gasteiger partial charge is 0.339 e. The Balaban J connectivity index is 1.71. The van der Waals surface area contributed by atoms with E-state index in [-0.39, 0.29) is 11.3 Å². The third-order valence-corrected chi connectivity index (χ3v) is 3.51. The summed E-state index contributed by atoms with van der Waals surface area (Å²) in [5.41, 5.74) is -0.280. The first-order valence-corrected chi connectivity index (χ1v) is 7.48. The average Bonchev–Trinajstić information content (AvgIpc) is 2.61. The molecular weight excluding hydrogens is 346 g/mol. The number of H-pyrrole nitrogens is 1. The van der Waals surface area contributed by atoms with Crippen LogP contribution < -0.4 is 10.9 Å². The van der Waals surface area contributed by atoms with Gasteiger partial charge in [-0.3, -0.25) is 9.59 Å². The van der Waals surface area contributed by atoms with Gasteiger partial charge in [0, 0.05) is 23.0 Å². The number of carbonyl (C=O) groups is 2. The Morgan fingerprint density at radius 1 is 1.08 bits per heavy atom. The highest BCUT2D eigenvalue weighted by Gasteiger charge is 2.15. The predicted octanol–water partition coefficient (Wildman–Crippen LogP) is 2.60. The summed E-state index contributed by atoms with van der Waals surface area (Å²) in [6, 6.07) is 10.3. The molecule has 26 heavy (non-hydrogen) atoms. The molecule has 0 saturated heterocycles. The Hall–Kier alpha value is -3.55. The molecule has 132 valence electrons. The number of pyridine rings is 1. The van der Waals surface area contributed by atoms with Crippen molar-refractivity contribution < 1.29 is 23.1 Å². The van der Waals surface area contributed by atoms with E-state index in [1.807, 2.05) is 0 Å². The number of rotatable bonds is 4. The first-order valence-electron chi connectivity index (χ1n) is 7.48. The quantitative estimate of drug-likeness (QED) is 0.702. The van der Waals surface area contributed by atoms with Crippen molar-refractivity contribution in [3.8, 4) is 0 Å². The zero-order valence-electron chi connectivity index (χ0n) is 13.2. The summed E-state index contributed by atoms with van der Waals surface area (Å²) >= 11 is 0. The van der Waals surface area contributed by atoms with Crippen molar-refractivity contribution in [2.75, 3.05) is 11.9 Å². The summed E-state index contributed by atoms with van der Waals surface area (Å²) in [6.45, 7) is -0.698. The van der Waals surface area contributed by atoms with Crippen LogP contribution in [0.25, 0.3) is 10.9 Å². The summed E-state index contributed by atoms with van der Waals surface area (Å²) in [4.78, 5) is 38.2. The minimum Gasteiger partial charge on any atom is -0.452 e. The van der Waals surface area contributed by atoms with Crippen LogP contribution in [0.1, 0.15) is 10.4 Å². The Morgan fingerprint density at radius 2 is 1.85 bits per heavy atom. The van der Waals surface area contributed by atoms with Crippen molar-refractivity contribution in [1.29, 1.82) is 0 Å². The zero-order valence-corrected chi connectivity index (χ0v) is 13.2. The number of amides is 1. The lowest BCUT2D eigenvalue weighted by Gasteiger charge is -2.09. The number of anilines is 1. The van der Waals surface area contributed by atoms with Gasteiger partial charge in [0.05, 0.1) is 11.3 Å². The number of esters is 1. The molecule has 1 aromatic heterocycles. The van der Waals surface area contributed by atoms with E-state index in [0.29, 0.717) is 17.0 Å². The van der Waals surface area contributed by atoms with Crippen molar-refractivity contribution in [1.82, 2.24) is 4.98 Å². The zero-order chi connectivity index (χ0) is 18.7. The van der Waals surface area contributed by atoms with E-state index < -0.39 is 35.7 Å². The van der Waals surface area contributed by atoms with Crippen molar-refractivity contribution in [3.63, 3.8) is 0 Å². The highest BCUT2D eigenvalue weighted by molar-refractivity contribution is 6.04. The van der Waals surface area contributed by atoms with Gasteiger partial charge >= 0.3 is 5.97 Å². The molecule has 0 aliphatic rings. The lowest BCUT2D eigenvalue weighted by molar-refractivity contribution is -0.119. The van der Waals surface area contributed by atoms with Crippen LogP contribution in [0.2, 0.25) is 0 Å². The van der Waals surface area contributed by atoms with Crippen LogP contribution in [0.5, 0.6) is 0 Å². The van der Waals surface area contributed by atoms with Gasteiger partial charge in [-0.05, 0) is 18.2 Å². The maximum atomic E-state index is 13.5. The number of fused-ring (bicyclic) bond motifs is 1. The first-order chi connectivity index (χ1) is 12.4. The van der Waals surface area contributed by atoms with Gasteiger partial charge in [0.1, 0.15) is 11.6 Å². The van der Waals surface area contributed by atoms with E-state index >= 15 is 0 Å². The molecule has 6 nitrogen and oxygen atoms in total. The fourth-order valence-corrected chi connectivity index (χ4v) is 2.36. The largest absolute Gasteiger partial charge is 0.452 e. The number of halogens is 2. The van der Waals surface area contributed by atoms with Crippen molar-refractivity contribution in [2.45, 2.75) is 0 Å². The van der Waals surface area contributed by atoms with Crippen LogP contribution >= 0.6 is 0 Å². The molecule has 0 saturated carbocycles. The van der Waals surface area contributed by atoms with E-state index in [1.54, 1.807) is 24.3 Å². The van der Waals surface area contributed by atoms with Gasteiger partial charge < -0.3 is 15.0 Å². The summed E-state index contributed by atoms with van der Waals surface area (Å²) < 4.78 is 31.2. The summed E-state index contributed by atoms with van der Waals surface area (Å²) in [6.07, 6.45) is 0. The summed E-state index contributed by atoms with van der Waals surface area (Å²) in [5, 5.41) is 2.63. The molecule has 2 aromatic carbocycles. The van der Waals surface area contributed by atoms with Gasteiger partial charge in [-0.1, -0.05) is 18.2 Å². The molecule has 2 N–H and O–H groups in total. The van der Waals surface area contributed by atoms with Gasteiger partial charge in [-0.2, -0.15) is 0 Å². The van der Waals surface area contributed by atoms with Crippen LogP contribution in [0.3, 0.4) is 0 Å². The summed E-state index contributed by atoms with van der Waals surface area (Å²) in [7, 11) is 0. The Labute approximate surface area is 145 Å². The standard InChI is InChI=1S/C18H12F2N2O4/c19-10-5-6-15(13(20)7-10)22-17(24)9-26-18(25)12-8-16(23)21-14-4-2-1-3-11(12)14/h1-8H,9H2,(H,21,23)(H,22,24). The molecule has 0 aliphatic carbocycles. The molecule has 0 unspecified atom stereocenters. The molecule has 0 aliphatic heterocycles. The topological polar surface area (TPSA) is 88.3 Å². The average molecular weight is 358 g/mol. The van der Waals surface area contributed by atoms with Gasteiger partial charge in [0.25, 0.3) is 5.91 Å². The monoisotopic (exact) mass is 358 g/mol. The minimum atomic E-state index is -0.953. The lowest BCUT2D eigenvalue weighted by Crippen LogP contribution is -2.22. The van der Waals surface area contributed by atoms with Crippen LogP contribution in [0, 0.1) is 11.6 Å². The molecule has 0 bridgehead atoms. The van der Waals surface area contributed by atoms with Crippen molar-refractivity contribution >= 4 is 28.5 Å². The maximum absolute atomic E-state index is 13.5. The van der Waals surface area contributed by atoms with E-state index in [4.69, 9.17) is 4.74 Å². The lowest BCUT2D eigenvalue weighted by atomic mass is 10.1. The molecule has 0 spiro atoms. The van der Waals surface area contributed by atoms with Crippen LogP contribution in [-0.4, -0.2) is 23.5 Å². The molecule has 1 amide bonds. The van der Waals surface area contributed by atoms with Crippen LogP contribution in [0.15, 0.2) is 53.3 Å².